The van der Waals surface area contributed by atoms with Crippen molar-refractivity contribution in [1.29, 1.82) is 0 Å². The normalized spacial score (nSPS) is 12.3. The Morgan fingerprint density at radius 1 is 0.931 bits per heavy atom. The van der Waals surface area contributed by atoms with Crippen molar-refractivity contribution < 1.29 is 23.5 Å². The van der Waals surface area contributed by atoms with Gasteiger partial charge in [0.1, 0.15) is 19.0 Å². The molecular formula is C21H17FN2O4S. The van der Waals surface area contributed by atoms with Crippen molar-refractivity contribution in [2.45, 2.75) is 6.42 Å². The van der Waals surface area contributed by atoms with Crippen LogP contribution in [0.3, 0.4) is 0 Å². The molecule has 4 rings (SSSR count). The van der Waals surface area contributed by atoms with E-state index in [-0.39, 0.29) is 12.2 Å². The van der Waals surface area contributed by atoms with Gasteiger partial charge in [0.05, 0.1) is 11.3 Å². The molecule has 0 saturated heterocycles. The number of hydrogen-bond donors (Lipinski definition) is 2. The lowest BCUT2D eigenvalue weighted by Crippen LogP contribution is -2.42. The summed E-state index contributed by atoms with van der Waals surface area (Å²) in [7, 11) is 0. The summed E-state index contributed by atoms with van der Waals surface area (Å²) in [6.45, 7) is 1.04. The maximum Gasteiger partial charge on any atom is 0.279 e. The van der Waals surface area contributed by atoms with Gasteiger partial charge >= 0.3 is 0 Å². The Morgan fingerprint density at radius 3 is 2.48 bits per heavy atom. The SMILES string of the molecule is O=C(Cc1ccc(F)cc1)NNC(=O)c1ccc(-c2ccc3c(c2)OCCO3)s1. The molecule has 6 nitrogen and oxygen atoms in total. The number of hydrogen-bond acceptors (Lipinski definition) is 5. The highest BCUT2D eigenvalue weighted by Crippen LogP contribution is 2.36. The minimum Gasteiger partial charge on any atom is -0.486 e. The van der Waals surface area contributed by atoms with E-state index >= 15 is 0 Å². The van der Waals surface area contributed by atoms with Crippen LogP contribution in [0.25, 0.3) is 10.4 Å². The van der Waals surface area contributed by atoms with Gasteiger partial charge in [0.2, 0.25) is 5.91 Å². The largest absolute Gasteiger partial charge is 0.486 e. The molecule has 0 spiro atoms. The third kappa shape index (κ3) is 4.55. The first-order valence-electron chi connectivity index (χ1n) is 8.92. The summed E-state index contributed by atoms with van der Waals surface area (Å²) in [4.78, 5) is 25.6. The Hall–Kier alpha value is -3.39. The van der Waals surface area contributed by atoms with Gasteiger partial charge in [-0.05, 0) is 53.6 Å². The van der Waals surface area contributed by atoms with E-state index in [4.69, 9.17) is 9.47 Å². The number of rotatable bonds is 4. The van der Waals surface area contributed by atoms with Gasteiger partial charge in [-0.2, -0.15) is 0 Å². The van der Waals surface area contributed by atoms with Crippen molar-refractivity contribution in [2.24, 2.45) is 0 Å². The molecule has 2 N–H and O–H groups in total. The predicted octanol–water partition coefficient (Wildman–Crippen LogP) is 3.33. The second-order valence-corrected chi connectivity index (χ2v) is 7.41. The summed E-state index contributed by atoms with van der Waals surface area (Å²) in [5, 5.41) is 0. The van der Waals surface area contributed by atoms with Crippen LogP contribution in [0.15, 0.2) is 54.6 Å². The van der Waals surface area contributed by atoms with E-state index in [1.807, 2.05) is 24.3 Å². The van der Waals surface area contributed by atoms with E-state index in [1.165, 1.54) is 35.6 Å². The number of nitrogens with one attached hydrogen (secondary N) is 2. The summed E-state index contributed by atoms with van der Waals surface area (Å²) in [6.07, 6.45) is 0.0352. The van der Waals surface area contributed by atoms with Crippen molar-refractivity contribution in [3.63, 3.8) is 0 Å². The maximum absolute atomic E-state index is 12.9. The lowest BCUT2D eigenvalue weighted by atomic mass is 10.1. The first kappa shape index (κ1) is 18.9. The van der Waals surface area contributed by atoms with Crippen LogP contribution in [0.2, 0.25) is 0 Å². The van der Waals surface area contributed by atoms with Gasteiger partial charge in [0.15, 0.2) is 11.5 Å². The molecule has 8 heteroatoms. The molecule has 0 unspecified atom stereocenters. The standard InChI is InChI=1S/C21H17FN2O4S/c22-15-4-1-13(2-5-15)11-20(25)23-24-21(26)19-8-7-18(29-19)14-3-6-16-17(12-14)28-10-9-27-16/h1-8,12H,9-11H2,(H,23,25)(H,24,26). The summed E-state index contributed by atoms with van der Waals surface area (Å²) in [5.41, 5.74) is 6.33. The fourth-order valence-electron chi connectivity index (χ4n) is 2.83. The van der Waals surface area contributed by atoms with Crippen LogP contribution in [-0.2, 0) is 11.2 Å². The van der Waals surface area contributed by atoms with Gasteiger partial charge < -0.3 is 9.47 Å². The first-order chi connectivity index (χ1) is 14.1. The van der Waals surface area contributed by atoms with Crippen molar-refractivity contribution in [3.05, 3.63) is 70.9 Å². The molecule has 1 aliphatic heterocycles. The second kappa shape index (κ2) is 8.32. The van der Waals surface area contributed by atoms with Gasteiger partial charge in [-0.15, -0.1) is 11.3 Å². The number of benzene rings is 2. The number of carbonyl (C=O) groups is 2. The van der Waals surface area contributed by atoms with E-state index in [0.717, 1.165) is 10.4 Å². The third-order valence-electron chi connectivity index (χ3n) is 4.25. The Balaban J connectivity index is 1.36. The molecule has 2 amide bonds. The average Bonchev–Trinajstić information content (AvgIpc) is 3.24. The summed E-state index contributed by atoms with van der Waals surface area (Å²) >= 11 is 1.30. The van der Waals surface area contributed by atoms with Crippen LogP contribution >= 0.6 is 11.3 Å². The van der Waals surface area contributed by atoms with E-state index in [1.54, 1.807) is 6.07 Å². The number of halogens is 1. The zero-order valence-electron chi connectivity index (χ0n) is 15.2. The molecule has 0 aliphatic carbocycles. The van der Waals surface area contributed by atoms with Crippen LogP contribution in [0.1, 0.15) is 15.2 Å². The Morgan fingerprint density at radius 2 is 1.69 bits per heavy atom. The highest BCUT2D eigenvalue weighted by Gasteiger charge is 2.15. The van der Waals surface area contributed by atoms with Crippen LogP contribution in [0, 0.1) is 5.82 Å². The van der Waals surface area contributed by atoms with E-state index in [9.17, 15) is 14.0 Å². The molecule has 1 aliphatic rings. The molecule has 148 valence electrons. The van der Waals surface area contributed by atoms with Crippen molar-refractivity contribution in [3.8, 4) is 21.9 Å². The minimum absolute atomic E-state index is 0.0352. The number of amides is 2. The number of hydrazine groups is 1. The molecule has 0 saturated carbocycles. The van der Waals surface area contributed by atoms with E-state index in [0.29, 0.717) is 35.2 Å². The molecule has 29 heavy (non-hydrogen) atoms. The van der Waals surface area contributed by atoms with Crippen LogP contribution < -0.4 is 20.3 Å². The topological polar surface area (TPSA) is 76.7 Å². The van der Waals surface area contributed by atoms with Gasteiger partial charge in [0, 0.05) is 4.88 Å². The molecule has 1 aromatic heterocycles. The number of thiophene rings is 1. The zero-order valence-corrected chi connectivity index (χ0v) is 16.1. The molecule has 0 radical (unpaired) electrons. The van der Waals surface area contributed by atoms with Crippen LogP contribution in [0.5, 0.6) is 11.5 Å². The second-order valence-electron chi connectivity index (χ2n) is 6.33. The Kier molecular flexibility index (Phi) is 5.44. The first-order valence-corrected chi connectivity index (χ1v) is 9.73. The fourth-order valence-corrected chi connectivity index (χ4v) is 3.73. The van der Waals surface area contributed by atoms with Gasteiger partial charge in [-0.3, -0.25) is 20.4 Å². The van der Waals surface area contributed by atoms with E-state index < -0.39 is 11.8 Å². The van der Waals surface area contributed by atoms with Gasteiger partial charge in [0.25, 0.3) is 5.91 Å². The number of carbonyl (C=O) groups excluding carboxylic acids is 2. The summed E-state index contributed by atoms with van der Waals surface area (Å²) in [5.74, 6) is 0.216. The Bertz CT molecular complexity index is 1050. The summed E-state index contributed by atoms with van der Waals surface area (Å²) < 4.78 is 24.0. The molecule has 2 heterocycles. The van der Waals surface area contributed by atoms with Crippen LogP contribution in [0.4, 0.5) is 4.39 Å². The van der Waals surface area contributed by atoms with Crippen molar-refractivity contribution in [1.82, 2.24) is 10.9 Å². The van der Waals surface area contributed by atoms with Gasteiger partial charge in [-0.25, -0.2) is 4.39 Å². The Labute approximate surface area is 170 Å². The molecule has 0 fully saturated rings. The summed E-state index contributed by atoms with van der Waals surface area (Å²) in [6, 6.07) is 14.8. The molecule has 3 aromatic rings. The smallest absolute Gasteiger partial charge is 0.279 e. The average molecular weight is 412 g/mol. The third-order valence-corrected chi connectivity index (χ3v) is 5.38. The minimum atomic E-state index is -0.411. The van der Waals surface area contributed by atoms with Crippen molar-refractivity contribution in [2.75, 3.05) is 13.2 Å². The fraction of sp³-hybridized carbons (Fsp3) is 0.143. The highest BCUT2D eigenvalue weighted by molar-refractivity contribution is 7.17. The highest BCUT2D eigenvalue weighted by atomic mass is 32.1. The van der Waals surface area contributed by atoms with Gasteiger partial charge in [-0.1, -0.05) is 12.1 Å². The molecule has 0 atom stereocenters. The molecular weight excluding hydrogens is 395 g/mol. The van der Waals surface area contributed by atoms with Crippen molar-refractivity contribution >= 4 is 23.2 Å². The molecule has 2 aromatic carbocycles. The lowest BCUT2D eigenvalue weighted by Gasteiger charge is -2.18. The van der Waals surface area contributed by atoms with E-state index in [2.05, 4.69) is 10.9 Å². The number of fused-ring (bicyclic) bond motifs is 1. The zero-order chi connectivity index (χ0) is 20.2. The quantitative estimate of drug-likeness (QED) is 0.645. The number of ether oxygens (including phenoxy) is 2. The van der Waals surface area contributed by atoms with Crippen LogP contribution in [-0.4, -0.2) is 25.0 Å². The molecule has 0 bridgehead atoms. The predicted molar refractivity (Wildman–Crippen MR) is 106 cm³/mol. The lowest BCUT2D eigenvalue weighted by molar-refractivity contribution is -0.121. The maximum atomic E-state index is 12.9. The monoisotopic (exact) mass is 412 g/mol.